The second-order valence-corrected chi connectivity index (χ2v) is 10.5. The molecule has 0 aromatic heterocycles. The molecule has 0 saturated carbocycles. The molecule has 0 aliphatic rings. The highest BCUT2D eigenvalue weighted by molar-refractivity contribution is 6.69. The Morgan fingerprint density at radius 1 is 1.19 bits per heavy atom. The predicted octanol–water partition coefficient (Wildman–Crippen LogP) is 4.68. The van der Waals surface area contributed by atoms with E-state index in [0.29, 0.717) is 0 Å². The molecule has 0 heterocycles. The maximum absolute atomic E-state index is 5.94. The fourth-order valence-electron chi connectivity index (χ4n) is 1.13. The molecule has 0 amide bonds. The van der Waals surface area contributed by atoms with Crippen LogP contribution in [-0.2, 0) is 9.16 Å². The van der Waals surface area contributed by atoms with Crippen LogP contribution in [-0.4, -0.2) is 13.9 Å². The average molecular weight is 244 g/mol. The zero-order valence-corrected chi connectivity index (χ0v) is 13.0. The van der Waals surface area contributed by atoms with E-state index in [2.05, 4.69) is 32.6 Å². The Hall–Kier alpha value is -0.443. The molecule has 0 aromatic rings. The van der Waals surface area contributed by atoms with Crippen LogP contribution in [0.15, 0.2) is 12.0 Å². The van der Waals surface area contributed by atoms with Gasteiger partial charge in [0.05, 0.1) is 0 Å². The molecular formula is C13H28O2Si. The van der Waals surface area contributed by atoms with E-state index in [0.717, 1.165) is 12.4 Å². The summed E-state index contributed by atoms with van der Waals surface area (Å²) in [4.78, 5) is 0. The normalized spacial score (nSPS) is 13.8. The Morgan fingerprint density at radius 2 is 1.75 bits per heavy atom. The Kier molecular flexibility index (Phi) is 6.16. The summed E-state index contributed by atoms with van der Waals surface area (Å²) in [6, 6.07) is 0. The van der Waals surface area contributed by atoms with E-state index in [9.17, 15) is 0 Å². The largest absolute Gasteiger partial charge is 0.520 e. The van der Waals surface area contributed by atoms with Crippen LogP contribution in [0, 0.1) is 0 Å². The summed E-state index contributed by atoms with van der Waals surface area (Å²) in [6.07, 6.45) is 5.51. The van der Waals surface area contributed by atoms with Gasteiger partial charge in [-0.05, 0) is 59.3 Å². The van der Waals surface area contributed by atoms with E-state index in [1.54, 1.807) is 0 Å². The Bertz CT molecular complexity index is 203. The third-order valence-electron chi connectivity index (χ3n) is 1.68. The molecular weight excluding hydrogens is 216 g/mol. The van der Waals surface area contributed by atoms with Crippen LogP contribution in [0.25, 0.3) is 0 Å². The van der Waals surface area contributed by atoms with Gasteiger partial charge in [0.25, 0.3) is 5.95 Å². The zero-order valence-electron chi connectivity index (χ0n) is 12.0. The molecule has 0 aliphatic carbocycles. The molecule has 0 unspecified atom stereocenters. The van der Waals surface area contributed by atoms with E-state index in [-0.39, 0.29) is 5.60 Å². The second-order valence-electron chi connectivity index (χ2n) is 6.09. The van der Waals surface area contributed by atoms with Gasteiger partial charge in [0.15, 0.2) is 0 Å². The summed E-state index contributed by atoms with van der Waals surface area (Å²) < 4.78 is 11.8. The summed E-state index contributed by atoms with van der Waals surface area (Å²) in [5, 5.41) is 0. The topological polar surface area (TPSA) is 18.5 Å². The Balaban J connectivity index is 4.45. The molecule has 0 spiro atoms. The van der Waals surface area contributed by atoms with Crippen LogP contribution in [0.3, 0.4) is 0 Å². The van der Waals surface area contributed by atoms with Gasteiger partial charge in [-0.2, -0.15) is 0 Å². The van der Waals surface area contributed by atoms with Crippen LogP contribution in [0.4, 0.5) is 0 Å². The molecule has 3 heteroatoms. The van der Waals surface area contributed by atoms with Crippen molar-refractivity contribution in [1.29, 1.82) is 0 Å². The maximum atomic E-state index is 5.94. The standard InChI is InChI=1S/C13H28O2Si/c1-8-9-10-11-12(14-13(2,3)4)15-16(5,6)7/h11H,8-10H2,1-7H3/b12-11+. The highest BCUT2D eigenvalue weighted by Gasteiger charge is 2.21. The van der Waals surface area contributed by atoms with Gasteiger partial charge in [0.2, 0.25) is 8.32 Å². The van der Waals surface area contributed by atoms with Crippen molar-refractivity contribution < 1.29 is 9.16 Å². The van der Waals surface area contributed by atoms with Gasteiger partial charge in [0.1, 0.15) is 5.60 Å². The molecule has 0 bridgehead atoms. The van der Waals surface area contributed by atoms with Crippen molar-refractivity contribution in [3.05, 3.63) is 12.0 Å². The third kappa shape index (κ3) is 10.1. The van der Waals surface area contributed by atoms with E-state index in [1.807, 2.05) is 20.8 Å². The predicted molar refractivity (Wildman–Crippen MR) is 72.9 cm³/mol. The van der Waals surface area contributed by atoms with Crippen LogP contribution in [0.2, 0.25) is 19.6 Å². The van der Waals surface area contributed by atoms with Crippen molar-refractivity contribution in [1.82, 2.24) is 0 Å². The Labute approximate surface area is 102 Å². The smallest absolute Gasteiger partial charge is 0.261 e. The lowest BCUT2D eigenvalue weighted by atomic mass is 10.2. The van der Waals surface area contributed by atoms with Crippen molar-refractivity contribution in [2.24, 2.45) is 0 Å². The van der Waals surface area contributed by atoms with Gasteiger partial charge < -0.3 is 9.16 Å². The lowest BCUT2D eigenvalue weighted by Gasteiger charge is -2.28. The molecule has 0 aromatic carbocycles. The molecule has 0 aliphatic heterocycles. The number of hydrogen-bond donors (Lipinski definition) is 0. The van der Waals surface area contributed by atoms with Crippen LogP contribution < -0.4 is 0 Å². The molecule has 0 fully saturated rings. The quantitative estimate of drug-likeness (QED) is 0.383. The molecule has 0 saturated heterocycles. The van der Waals surface area contributed by atoms with Crippen molar-refractivity contribution >= 4 is 8.32 Å². The number of rotatable bonds is 6. The van der Waals surface area contributed by atoms with Gasteiger partial charge in [-0.3, -0.25) is 0 Å². The lowest BCUT2D eigenvalue weighted by Crippen LogP contribution is -2.29. The fraction of sp³-hybridized carbons (Fsp3) is 0.846. The van der Waals surface area contributed by atoms with E-state index < -0.39 is 8.32 Å². The molecule has 16 heavy (non-hydrogen) atoms. The summed E-state index contributed by atoms with van der Waals surface area (Å²) in [5.74, 6) is 0.722. The van der Waals surface area contributed by atoms with Crippen LogP contribution in [0.5, 0.6) is 0 Å². The molecule has 96 valence electrons. The minimum Gasteiger partial charge on any atom is -0.520 e. The van der Waals surface area contributed by atoms with Gasteiger partial charge >= 0.3 is 0 Å². The van der Waals surface area contributed by atoms with Gasteiger partial charge in [0, 0.05) is 0 Å². The minimum absolute atomic E-state index is 0.183. The fourth-order valence-corrected chi connectivity index (χ4v) is 1.86. The first-order chi connectivity index (χ1) is 7.14. The van der Waals surface area contributed by atoms with Gasteiger partial charge in [-0.1, -0.05) is 13.3 Å². The first-order valence-corrected chi connectivity index (χ1v) is 9.63. The second kappa shape index (κ2) is 6.33. The van der Waals surface area contributed by atoms with Crippen LogP contribution in [0.1, 0.15) is 47.0 Å². The van der Waals surface area contributed by atoms with E-state index in [4.69, 9.17) is 9.16 Å². The number of allylic oxidation sites excluding steroid dienone is 1. The highest BCUT2D eigenvalue weighted by atomic mass is 28.4. The first kappa shape index (κ1) is 15.6. The minimum atomic E-state index is -1.57. The number of ether oxygens (including phenoxy) is 1. The average Bonchev–Trinajstić information content (AvgIpc) is 1.97. The molecule has 0 radical (unpaired) electrons. The van der Waals surface area contributed by atoms with Gasteiger partial charge in [-0.25, -0.2) is 0 Å². The van der Waals surface area contributed by atoms with E-state index in [1.165, 1.54) is 12.8 Å². The Morgan fingerprint density at radius 3 is 2.12 bits per heavy atom. The van der Waals surface area contributed by atoms with Crippen molar-refractivity contribution in [2.45, 2.75) is 72.2 Å². The van der Waals surface area contributed by atoms with Gasteiger partial charge in [-0.15, -0.1) is 0 Å². The summed E-state index contributed by atoms with van der Waals surface area (Å²) in [5.41, 5.74) is -0.183. The molecule has 2 nitrogen and oxygen atoms in total. The van der Waals surface area contributed by atoms with Crippen molar-refractivity contribution in [3.8, 4) is 0 Å². The van der Waals surface area contributed by atoms with Crippen molar-refractivity contribution in [3.63, 3.8) is 0 Å². The number of hydrogen-bond acceptors (Lipinski definition) is 2. The first-order valence-electron chi connectivity index (χ1n) is 6.22. The highest BCUT2D eigenvalue weighted by Crippen LogP contribution is 2.19. The SMILES string of the molecule is CCCC/C=C(\OC(C)(C)C)O[Si](C)(C)C. The van der Waals surface area contributed by atoms with Crippen molar-refractivity contribution in [2.75, 3.05) is 0 Å². The molecule has 0 atom stereocenters. The summed E-state index contributed by atoms with van der Waals surface area (Å²) in [7, 11) is -1.57. The summed E-state index contributed by atoms with van der Waals surface area (Å²) in [6.45, 7) is 14.9. The molecule has 0 rings (SSSR count). The monoisotopic (exact) mass is 244 g/mol. The lowest BCUT2D eigenvalue weighted by molar-refractivity contribution is -0.00907. The molecule has 0 N–H and O–H groups in total. The number of unbranched alkanes of at least 4 members (excludes halogenated alkanes) is 2. The van der Waals surface area contributed by atoms with Crippen LogP contribution >= 0.6 is 0 Å². The summed E-state index contributed by atoms with van der Waals surface area (Å²) >= 11 is 0. The third-order valence-corrected chi connectivity index (χ3v) is 2.50. The van der Waals surface area contributed by atoms with E-state index >= 15 is 0 Å². The maximum Gasteiger partial charge on any atom is 0.261 e. The zero-order chi connectivity index (χ0) is 12.8.